The van der Waals surface area contributed by atoms with Gasteiger partial charge in [-0.05, 0) is 45.2 Å². The molecule has 0 spiro atoms. The Morgan fingerprint density at radius 3 is 2.60 bits per heavy atom. The Kier molecular flexibility index (Phi) is 5.62. The van der Waals surface area contributed by atoms with Crippen molar-refractivity contribution in [3.63, 3.8) is 0 Å². The third-order valence-corrected chi connectivity index (χ3v) is 3.45. The van der Waals surface area contributed by atoms with E-state index in [1.807, 2.05) is 0 Å². The monoisotopic (exact) mass is 212 g/mol. The van der Waals surface area contributed by atoms with E-state index in [-0.39, 0.29) is 0 Å². The summed E-state index contributed by atoms with van der Waals surface area (Å²) < 4.78 is 0. The molecule has 15 heavy (non-hydrogen) atoms. The lowest BCUT2D eigenvalue weighted by Crippen LogP contribution is -2.43. The van der Waals surface area contributed by atoms with Crippen LogP contribution in [-0.4, -0.2) is 36.6 Å². The number of nitrogens with one attached hydrogen (secondary N) is 1. The maximum Gasteiger partial charge on any atom is 0.0195 e. The maximum atomic E-state index is 3.56. The molecule has 1 aliphatic rings. The Hall–Kier alpha value is -0.0800. The van der Waals surface area contributed by atoms with Crippen LogP contribution in [0.4, 0.5) is 0 Å². The first-order valence-electron chi connectivity index (χ1n) is 6.61. The molecule has 0 amide bonds. The van der Waals surface area contributed by atoms with E-state index in [9.17, 15) is 0 Å². The van der Waals surface area contributed by atoms with Crippen molar-refractivity contribution in [3.05, 3.63) is 0 Å². The molecule has 1 aliphatic heterocycles. The summed E-state index contributed by atoms with van der Waals surface area (Å²) in [5.41, 5.74) is 0. The van der Waals surface area contributed by atoms with Gasteiger partial charge in [0.05, 0.1) is 0 Å². The first kappa shape index (κ1) is 13.0. The third-order valence-electron chi connectivity index (χ3n) is 3.45. The van der Waals surface area contributed by atoms with Gasteiger partial charge >= 0.3 is 0 Å². The van der Waals surface area contributed by atoms with Gasteiger partial charge in [0.25, 0.3) is 0 Å². The van der Waals surface area contributed by atoms with Gasteiger partial charge in [0, 0.05) is 18.6 Å². The molecule has 2 unspecified atom stereocenters. The highest BCUT2D eigenvalue weighted by atomic mass is 15.2. The molecule has 1 N–H and O–H groups in total. The fraction of sp³-hybridized carbons (Fsp3) is 1.00. The molecule has 2 heteroatoms. The minimum atomic E-state index is 0.705. The second kappa shape index (κ2) is 6.49. The zero-order chi connectivity index (χ0) is 11.3. The predicted octanol–water partition coefficient (Wildman–Crippen LogP) is 2.49. The van der Waals surface area contributed by atoms with E-state index >= 15 is 0 Å². The van der Waals surface area contributed by atoms with Crippen LogP contribution in [0.5, 0.6) is 0 Å². The Morgan fingerprint density at radius 1 is 1.27 bits per heavy atom. The summed E-state index contributed by atoms with van der Waals surface area (Å²) in [5, 5.41) is 3.56. The highest BCUT2D eigenvalue weighted by Gasteiger charge is 2.26. The van der Waals surface area contributed by atoms with Crippen LogP contribution in [0, 0.1) is 5.92 Å². The van der Waals surface area contributed by atoms with Gasteiger partial charge in [0.1, 0.15) is 0 Å². The van der Waals surface area contributed by atoms with E-state index in [1.54, 1.807) is 0 Å². The van der Waals surface area contributed by atoms with Crippen molar-refractivity contribution in [3.8, 4) is 0 Å². The first-order chi connectivity index (χ1) is 7.15. The SMILES string of the molecule is CCC1CCCN1C(C)CNCC(C)C. The van der Waals surface area contributed by atoms with Gasteiger partial charge < -0.3 is 5.32 Å². The molecule has 1 heterocycles. The summed E-state index contributed by atoms with van der Waals surface area (Å²) in [5.74, 6) is 0.762. The number of likely N-dealkylation sites (tertiary alicyclic amines) is 1. The Morgan fingerprint density at radius 2 is 2.00 bits per heavy atom. The van der Waals surface area contributed by atoms with E-state index in [2.05, 4.69) is 37.9 Å². The molecule has 0 aromatic heterocycles. The smallest absolute Gasteiger partial charge is 0.0195 e. The lowest BCUT2D eigenvalue weighted by atomic mass is 10.1. The van der Waals surface area contributed by atoms with Gasteiger partial charge in [-0.1, -0.05) is 20.8 Å². The van der Waals surface area contributed by atoms with Crippen LogP contribution in [0.3, 0.4) is 0 Å². The molecule has 2 atom stereocenters. The van der Waals surface area contributed by atoms with Gasteiger partial charge in [-0.15, -0.1) is 0 Å². The molecular weight excluding hydrogens is 184 g/mol. The summed E-state index contributed by atoms with van der Waals surface area (Å²) in [4.78, 5) is 2.69. The van der Waals surface area contributed by atoms with Crippen molar-refractivity contribution in [1.82, 2.24) is 10.2 Å². The molecule has 0 radical (unpaired) electrons. The number of hydrogen-bond donors (Lipinski definition) is 1. The lowest BCUT2D eigenvalue weighted by Gasteiger charge is -2.30. The number of hydrogen-bond acceptors (Lipinski definition) is 2. The van der Waals surface area contributed by atoms with Gasteiger partial charge in [-0.2, -0.15) is 0 Å². The topological polar surface area (TPSA) is 15.3 Å². The van der Waals surface area contributed by atoms with Crippen molar-refractivity contribution in [1.29, 1.82) is 0 Å². The van der Waals surface area contributed by atoms with Crippen LogP contribution in [0.2, 0.25) is 0 Å². The van der Waals surface area contributed by atoms with Crippen molar-refractivity contribution in [2.24, 2.45) is 5.92 Å². The molecular formula is C13H28N2. The molecule has 90 valence electrons. The quantitative estimate of drug-likeness (QED) is 0.728. The molecule has 1 saturated heterocycles. The van der Waals surface area contributed by atoms with E-state index in [4.69, 9.17) is 0 Å². The fourth-order valence-corrected chi connectivity index (χ4v) is 2.57. The Bertz CT molecular complexity index is 168. The standard InChI is InChI=1S/C13H28N2/c1-5-13-7-6-8-15(13)12(4)10-14-9-11(2)3/h11-14H,5-10H2,1-4H3. The van der Waals surface area contributed by atoms with Gasteiger partial charge in [0.15, 0.2) is 0 Å². The summed E-state index contributed by atoms with van der Waals surface area (Å²) in [6.07, 6.45) is 4.12. The van der Waals surface area contributed by atoms with E-state index < -0.39 is 0 Å². The average molecular weight is 212 g/mol. The van der Waals surface area contributed by atoms with Crippen molar-refractivity contribution in [2.45, 2.75) is 59.0 Å². The van der Waals surface area contributed by atoms with E-state index in [0.29, 0.717) is 6.04 Å². The summed E-state index contributed by atoms with van der Waals surface area (Å²) >= 11 is 0. The molecule has 1 rings (SSSR count). The second-order valence-corrected chi connectivity index (χ2v) is 5.34. The van der Waals surface area contributed by atoms with Gasteiger partial charge in [-0.25, -0.2) is 0 Å². The van der Waals surface area contributed by atoms with Crippen LogP contribution in [0.25, 0.3) is 0 Å². The zero-order valence-corrected chi connectivity index (χ0v) is 10.9. The average Bonchev–Trinajstić information content (AvgIpc) is 2.64. The molecule has 0 bridgehead atoms. The van der Waals surface area contributed by atoms with E-state index in [0.717, 1.165) is 25.0 Å². The van der Waals surface area contributed by atoms with E-state index in [1.165, 1.54) is 25.8 Å². The third kappa shape index (κ3) is 4.12. The minimum Gasteiger partial charge on any atom is -0.315 e. The highest BCUT2D eigenvalue weighted by Crippen LogP contribution is 2.21. The molecule has 0 saturated carbocycles. The van der Waals surface area contributed by atoms with Crippen LogP contribution in [0.1, 0.15) is 47.0 Å². The van der Waals surface area contributed by atoms with Crippen LogP contribution in [0.15, 0.2) is 0 Å². The zero-order valence-electron chi connectivity index (χ0n) is 10.9. The van der Waals surface area contributed by atoms with Crippen molar-refractivity contribution >= 4 is 0 Å². The normalized spacial score (nSPS) is 25.0. The van der Waals surface area contributed by atoms with Crippen molar-refractivity contribution < 1.29 is 0 Å². The lowest BCUT2D eigenvalue weighted by molar-refractivity contribution is 0.183. The largest absolute Gasteiger partial charge is 0.315 e. The fourth-order valence-electron chi connectivity index (χ4n) is 2.57. The summed E-state index contributed by atoms with van der Waals surface area (Å²) in [6, 6.07) is 1.55. The molecule has 0 aromatic carbocycles. The number of nitrogens with zero attached hydrogens (tertiary/aromatic N) is 1. The molecule has 1 fully saturated rings. The number of rotatable bonds is 6. The van der Waals surface area contributed by atoms with Crippen molar-refractivity contribution in [2.75, 3.05) is 19.6 Å². The minimum absolute atomic E-state index is 0.705. The van der Waals surface area contributed by atoms with Crippen LogP contribution >= 0.6 is 0 Å². The van der Waals surface area contributed by atoms with Crippen LogP contribution < -0.4 is 5.32 Å². The van der Waals surface area contributed by atoms with Gasteiger partial charge in [0.2, 0.25) is 0 Å². The Labute approximate surface area is 95.4 Å². The predicted molar refractivity (Wildman–Crippen MR) is 67.2 cm³/mol. The molecule has 2 nitrogen and oxygen atoms in total. The maximum absolute atomic E-state index is 3.56. The molecule has 0 aliphatic carbocycles. The highest BCUT2D eigenvalue weighted by molar-refractivity contribution is 4.83. The van der Waals surface area contributed by atoms with Crippen LogP contribution in [-0.2, 0) is 0 Å². The summed E-state index contributed by atoms with van der Waals surface area (Å²) in [7, 11) is 0. The summed E-state index contributed by atoms with van der Waals surface area (Å²) in [6.45, 7) is 12.8. The second-order valence-electron chi connectivity index (χ2n) is 5.34. The Balaban J connectivity index is 2.23. The first-order valence-corrected chi connectivity index (χ1v) is 6.61. The van der Waals surface area contributed by atoms with Gasteiger partial charge in [-0.3, -0.25) is 4.90 Å². The molecule has 0 aromatic rings.